The fraction of sp³-hybridized carbons (Fsp3) is 0.444. The molecule has 2 nitrogen and oxygen atoms in total. The summed E-state index contributed by atoms with van der Waals surface area (Å²) >= 11 is 5.00. The molecule has 1 fully saturated rings. The van der Waals surface area contributed by atoms with E-state index in [0.29, 0.717) is 6.10 Å². The highest BCUT2D eigenvalue weighted by Crippen LogP contribution is 2.34. The minimum absolute atomic E-state index is 0.445. The molecule has 1 aliphatic rings. The van der Waals surface area contributed by atoms with E-state index < -0.39 is 0 Å². The molecule has 1 aliphatic carbocycles. The molecule has 13 heavy (non-hydrogen) atoms. The van der Waals surface area contributed by atoms with Gasteiger partial charge in [-0.2, -0.15) is 0 Å². The van der Waals surface area contributed by atoms with Gasteiger partial charge in [0.1, 0.15) is 10.4 Å². The topological polar surface area (TPSA) is 22.1 Å². The maximum Gasteiger partial charge on any atom is 0.137 e. The second kappa shape index (κ2) is 3.88. The van der Waals surface area contributed by atoms with Crippen LogP contribution in [0.5, 0.6) is 5.75 Å². The van der Waals surface area contributed by atoms with Crippen molar-refractivity contribution in [1.29, 1.82) is 0 Å². The molecule has 1 saturated carbocycles. The molecule has 0 spiro atoms. The van der Waals surface area contributed by atoms with Gasteiger partial charge in [0.05, 0.1) is 11.0 Å². The van der Waals surface area contributed by atoms with Crippen molar-refractivity contribution in [2.45, 2.75) is 23.8 Å². The Bertz CT molecular complexity index is 314. The molecule has 0 atom stereocenters. The first-order valence-electron chi connectivity index (χ1n) is 4.16. The Kier molecular flexibility index (Phi) is 2.79. The molecular formula is C9H10BrNOS. The van der Waals surface area contributed by atoms with Gasteiger partial charge in [0, 0.05) is 12.3 Å². The number of halogens is 1. The van der Waals surface area contributed by atoms with E-state index in [1.165, 1.54) is 12.8 Å². The highest BCUT2D eigenvalue weighted by molar-refractivity contribution is 9.10. The standard InChI is InChI=1S/C9H10BrNOS/c1-13-8-5-11-9(10)4-7(8)12-6-2-3-6/h4-6H,2-3H2,1H3. The highest BCUT2D eigenvalue weighted by atomic mass is 79.9. The third-order valence-corrected chi connectivity index (χ3v) is 3.02. The number of hydrogen-bond acceptors (Lipinski definition) is 3. The normalized spacial score (nSPS) is 15.8. The summed E-state index contributed by atoms with van der Waals surface area (Å²) < 4.78 is 6.57. The minimum atomic E-state index is 0.445. The zero-order valence-electron chi connectivity index (χ0n) is 7.29. The van der Waals surface area contributed by atoms with Crippen LogP contribution in [0.4, 0.5) is 0 Å². The fourth-order valence-electron chi connectivity index (χ4n) is 1.01. The lowest BCUT2D eigenvalue weighted by Crippen LogP contribution is -1.97. The summed E-state index contributed by atoms with van der Waals surface area (Å²) in [6.45, 7) is 0. The quantitative estimate of drug-likeness (QED) is 0.615. The van der Waals surface area contributed by atoms with Gasteiger partial charge >= 0.3 is 0 Å². The van der Waals surface area contributed by atoms with Gasteiger partial charge in [0.25, 0.3) is 0 Å². The molecular weight excluding hydrogens is 250 g/mol. The van der Waals surface area contributed by atoms with Crippen LogP contribution in [-0.2, 0) is 0 Å². The minimum Gasteiger partial charge on any atom is -0.489 e. The molecule has 0 aromatic carbocycles. The van der Waals surface area contributed by atoms with Gasteiger partial charge in [0.2, 0.25) is 0 Å². The number of pyridine rings is 1. The van der Waals surface area contributed by atoms with Crippen LogP contribution in [0.25, 0.3) is 0 Å². The Hall–Kier alpha value is -0.220. The average Bonchev–Trinajstić information content (AvgIpc) is 2.89. The Balaban J connectivity index is 2.22. The molecule has 0 unspecified atom stereocenters. The van der Waals surface area contributed by atoms with Crippen LogP contribution in [0.1, 0.15) is 12.8 Å². The highest BCUT2D eigenvalue weighted by Gasteiger charge is 2.24. The van der Waals surface area contributed by atoms with Gasteiger partial charge < -0.3 is 4.74 Å². The van der Waals surface area contributed by atoms with Crippen molar-refractivity contribution in [1.82, 2.24) is 4.98 Å². The van der Waals surface area contributed by atoms with Gasteiger partial charge in [-0.25, -0.2) is 4.98 Å². The van der Waals surface area contributed by atoms with Crippen molar-refractivity contribution < 1.29 is 4.74 Å². The van der Waals surface area contributed by atoms with E-state index in [9.17, 15) is 0 Å². The van der Waals surface area contributed by atoms with E-state index in [1.54, 1.807) is 11.8 Å². The maximum atomic E-state index is 5.74. The summed E-state index contributed by atoms with van der Waals surface area (Å²) in [6.07, 6.45) is 6.69. The molecule has 0 radical (unpaired) electrons. The van der Waals surface area contributed by atoms with Gasteiger partial charge in [-0.05, 0) is 35.0 Å². The van der Waals surface area contributed by atoms with E-state index in [2.05, 4.69) is 20.9 Å². The van der Waals surface area contributed by atoms with E-state index in [1.807, 2.05) is 18.5 Å². The number of ether oxygens (including phenoxy) is 1. The molecule has 4 heteroatoms. The summed E-state index contributed by atoms with van der Waals surface area (Å²) in [5, 5.41) is 0. The first kappa shape index (κ1) is 9.34. The zero-order chi connectivity index (χ0) is 9.26. The lowest BCUT2D eigenvalue weighted by atomic mass is 10.4. The summed E-state index contributed by atoms with van der Waals surface area (Å²) in [4.78, 5) is 5.26. The van der Waals surface area contributed by atoms with Gasteiger partial charge in [-0.15, -0.1) is 11.8 Å². The Morgan fingerprint density at radius 3 is 3.00 bits per heavy atom. The van der Waals surface area contributed by atoms with E-state index >= 15 is 0 Å². The summed E-state index contributed by atoms with van der Waals surface area (Å²) in [6, 6.07) is 1.93. The predicted molar refractivity (Wildman–Crippen MR) is 57.4 cm³/mol. The molecule has 0 N–H and O–H groups in total. The van der Waals surface area contributed by atoms with Crippen LogP contribution in [0.3, 0.4) is 0 Å². The molecule has 1 heterocycles. The van der Waals surface area contributed by atoms with Gasteiger partial charge in [-0.1, -0.05) is 0 Å². The smallest absolute Gasteiger partial charge is 0.137 e. The van der Waals surface area contributed by atoms with Crippen molar-refractivity contribution in [2.75, 3.05) is 6.26 Å². The second-order valence-electron chi connectivity index (χ2n) is 2.98. The zero-order valence-corrected chi connectivity index (χ0v) is 9.69. The van der Waals surface area contributed by atoms with Crippen LogP contribution in [0.2, 0.25) is 0 Å². The Morgan fingerprint density at radius 2 is 2.38 bits per heavy atom. The van der Waals surface area contributed by atoms with Crippen LogP contribution >= 0.6 is 27.7 Å². The van der Waals surface area contributed by atoms with Crippen LogP contribution < -0.4 is 4.74 Å². The fourth-order valence-corrected chi connectivity index (χ4v) is 1.79. The molecule has 70 valence electrons. The van der Waals surface area contributed by atoms with E-state index in [-0.39, 0.29) is 0 Å². The molecule has 0 amide bonds. The number of thioether (sulfide) groups is 1. The molecule has 2 rings (SSSR count). The van der Waals surface area contributed by atoms with Crippen molar-refractivity contribution in [3.63, 3.8) is 0 Å². The van der Waals surface area contributed by atoms with Gasteiger partial charge in [0.15, 0.2) is 0 Å². The molecule has 0 bridgehead atoms. The third-order valence-electron chi connectivity index (χ3n) is 1.84. The lowest BCUT2D eigenvalue weighted by molar-refractivity contribution is 0.295. The number of nitrogens with zero attached hydrogens (tertiary/aromatic N) is 1. The number of rotatable bonds is 3. The Labute approximate surface area is 90.2 Å². The van der Waals surface area contributed by atoms with Crippen molar-refractivity contribution in [3.8, 4) is 5.75 Å². The van der Waals surface area contributed by atoms with Crippen molar-refractivity contribution in [2.24, 2.45) is 0 Å². The Morgan fingerprint density at radius 1 is 1.62 bits per heavy atom. The molecule has 1 aromatic heterocycles. The average molecular weight is 260 g/mol. The number of aromatic nitrogens is 1. The van der Waals surface area contributed by atoms with Gasteiger partial charge in [-0.3, -0.25) is 0 Å². The van der Waals surface area contributed by atoms with Crippen LogP contribution in [-0.4, -0.2) is 17.3 Å². The SMILES string of the molecule is CSc1cnc(Br)cc1OC1CC1. The van der Waals surface area contributed by atoms with Crippen LogP contribution in [0.15, 0.2) is 21.8 Å². The van der Waals surface area contributed by atoms with E-state index in [4.69, 9.17) is 4.74 Å². The maximum absolute atomic E-state index is 5.74. The molecule has 0 aliphatic heterocycles. The lowest BCUT2D eigenvalue weighted by Gasteiger charge is -2.08. The largest absolute Gasteiger partial charge is 0.489 e. The summed E-state index contributed by atoms with van der Waals surface area (Å²) in [7, 11) is 0. The monoisotopic (exact) mass is 259 g/mol. The number of hydrogen-bond donors (Lipinski definition) is 0. The first-order valence-corrected chi connectivity index (χ1v) is 6.17. The first-order chi connectivity index (χ1) is 6.29. The predicted octanol–water partition coefficient (Wildman–Crippen LogP) is 3.11. The van der Waals surface area contributed by atoms with Crippen LogP contribution in [0, 0.1) is 0 Å². The van der Waals surface area contributed by atoms with Crippen molar-refractivity contribution in [3.05, 3.63) is 16.9 Å². The van der Waals surface area contributed by atoms with Crippen molar-refractivity contribution >= 4 is 27.7 Å². The summed E-state index contributed by atoms with van der Waals surface area (Å²) in [5.74, 6) is 0.955. The summed E-state index contributed by atoms with van der Waals surface area (Å²) in [5.41, 5.74) is 0. The third kappa shape index (κ3) is 2.38. The second-order valence-corrected chi connectivity index (χ2v) is 4.64. The van der Waals surface area contributed by atoms with E-state index in [0.717, 1.165) is 15.2 Å². The molecule has 1 aromatic rings. The molecule has 0 saturated heterocycles.